The Kier molecular flexibility index (Phi) is 4.69. The van der Waals surface area contributed by atoms with Gasteiger partial charge in [0.25, 0.3) is 0 Å². The molecular weight excluding hydrogens is 338 g/mol. The van der Waals surface area contributed by atoms with Crippen molar-refractivity contribution in [1.29, 1.82) is 0 Å². The molecule has 0 unspecified atom stereocenters. The molecule has 5 heteroatoms. The fraction of sp³-hybridized carbons (Fsp3) is 0.650. The number of carbonyl (C=O) groups excluding carboxylic acids is 1. The molecule has 1 aromatic carbocycles. The minimum absolute atomic E-state index is 0.0777. The Labute approximate surface area is 155 Å². The van der Waals surface area contributed by atoms with Crippen LogP contribution in [-0.4, -0.2) is 34.3 Å². The molecule has 2 heterocycles. The quantitative estimate of drug-likeness (QED) is 0.713. The van der Waals surface area contributed by atoms with Crippen molar-refractivity contribution in [3.8, 4) is 5.75 Å². The summed E-state index contributed by atoms with van der Waals surface area (Å²) < 4.78 is 11.8. The lowest BCUT2D eigenvalue weighted by molar-refractivity contribution is -0.0123. The zero-order chi connectivity index (χ0) is 18.3. The second-order valence-corrected chi connectivity index (χ2v) is 8.80. The number of ether oxygens (including phenoxy) is 2. The van der Waals surface area contributed by atoms with Crippen molar-refractivity contribution in [2.24, 2.45) is 0 Å². The Morgan fingerprint density at radius 2 is 1.68 bits per heavy atom. The molecule has 2 bridgehead atoms. The van der Waals surface area contributed by atoms with Gasteiger partial charge in [-0.1, -0.05) is 18.5 Å². The van der Waals surface area contributed by atoms with Gasteiger partial charge in [0.2, 0.25) is 0 Å². The Balaban J connectivity index is 1.80. The lowest BCUT2D eigenvalue weighted by Crippen LogP contribution is -2.54. The van der Waals surface area contributed by atoms with Crippen molar-refractivity contribution in [1.82, 2.24) is 4.90 Å². The van der Waals surface area contributed by atoms with Gasteiger partial charge in [0.05, 0.1) is 5.54 Å². The third-order valence-corrected chi connectivity index (χ3v) is 5.87. The molecule has 0 atom stereocenters. The Hall–Kier alpha value is -1.42. The molecule has 0 aliphatic carbocycles. The second-order valence-electron chi connectivity index (χ2n) is 8.36. The maximum atomic E-state index is 13.0. The smallest absolute Gasteiger partial charge is 0.411 e. The molecule has 2 aliphatic heterocycles. The molecule has 0 saturated carbocycles. The highest BCUT2D eigenvalue weighted by molar-refractivity contribution is 6.30. The van der Waals surface area contributed by atoms with Crippen molar-refractivity contribution in [3.05, 3.63) is 29.3 Å². The highest BCUT2D eigenvalue weighted by Gasteiger charge is 2.62. The van der Waals surface area contributed by atoms with Crippen LogP contribution in [0.25, 0.3) is 0 Å². The molecular formula is C20H28ClNO3. The number of hydrogen-bond donors (Lipinski definition) is 0. The summed E-state index contributed by atoms with van der Waals surface area (Å²) in [5.41, 5.74) is -0.837. The average molecular weight is 366 g/mol. The molecule has 0 N–H and O–H groups in total. The second kappa shape index (κ2) is 6.39. The Morgan fingerprint density at radius 3 is 2.20 bits per heavy atom. The predicted molar refractivity (Wildman–Crippen MR) is 99.2 cm³/mol. The molecule has 138 valence electrons. The predicted octanol–water partition coefficient (Wildman–Crippen LogP) is 5.43. The number of amides is 1. The van der Waals surface area contributed by atoms with E-state index in [0.717, 1.165) is 37.9 Å². The van der Waals surface area contributed by atoms with E-state index in [2.05, 4.69) is 6.92 Å². The van der Waals surface area contributed by atoms with Crippen LogP contribution in [0.2, 0.25) is 5.02 Å². The lowest BCUT2D eigenvalue weighted by atomic mass is 9.81. The van der Waals surface area contributed by atoms with Crippen LogP contribution in [0.4, 0.5) is 4.79 Å². The molecule has 1 aromatic rings. The van der Waals surface area contributed by atoms with Gasteiger partial charge in [-0.2, -0.15) is 0 Å². The van der Waals surface area contributed by atoms with Crippen LogP contribution in [0.15, 0.2) is 24.3 Å². The minimum atomic E-state index is -0.494. The van der Waals surface area contributed by atoms with Crippen LogP contribution in [0.3, 0.4) is 0 Å². The van der Waals surface area contributed by atoms with E-state index < -0.39 is 5.60 Å². The van der Waals surface area contributed by atoms with Crippen molar-refractivity contribution >= 4 is 17.7 Å². The van der Waals surface area contributed by atoms with E-state index >= 15 is 0 Å². The third-order valence-electron chi connectivity index (χ3n) is 5.62. The van der Waals surface area contributed by atoms with E-state index in [0.29, 0.717) is 11.6 Å². The molecule has 0 spiro atoms. The minimum Gasteiger partial charge on any atom is -0.491 e. The van der Waals surface area contributed by atoms with Gasteiger partial charge >= 0.3 is 6.09 Å². The molecule has 0 aromatic heterocycles. The molecule has 3 rings (SSSR count). The highest BCUT2D eigenvalue weighted by atomic mass is 35.5. The fourth-order valence-electron chi connectivity index (χ4n) is 4.29. The van der Waals surface area contributed by atoms with Crippen molar-refractivity contribution in [3.63, 3.8) is 0 Å². The van der Waals surface area contributed by atoms with Crippen LogP contribution in [0.1, 0.15) is 59.8 Å². The molecule has 2 fully saturated rings. The van der Waals surface area contributed by atoms with E-state index in [9.17, 15) is 4.79 Å². The van der Waals surface area contributed by atoms with Gasteiger partial charge in [-0.05, 0) is 77.1 Å². The fourth-order valence-corrected chi connectivity index (χ4v) is 4.42. The Bertz CT molecular complexity index is 627. The first-order valence-electron chi connectivity index (χ1n) is 9.11. The maximum absolute atomic E-state index is 13.0. The molecule has 25 heavy (non-hydrogen) atoms. The number of benzene rings is 1. The van der Waals surface area contributed by atoms with Crippen molar-refractivity contribution < 1.29 is 14.3 Å². The number of rotatable bonds is 4. The monoisotopic (exact) mass is 365 g/mol. The van der Waals surface area contributed by atoms with Gasteiger partial charge < -0.3 is 9.47 Å². The van der Waals surface area contributed by atoms with Gasteiger partial charge in [0.15, 0.2) is 0 Å². The van der Waals surface area contributed by atoms with Crippen molar-refractivity contribution in [2.75, 3.05) is 6.61 Å². The summed E-state index contributed by atoms with van der Waals surface area (Å²) in [5, 5.41) is 0.688. The number of hydrogen-bond acceptors (Lipinski definition) is 3. The number of fused-ring (bicyclic) bond motifs is 2. The summed E-state index contributed by atoms with van der Waals surface area (Å²) >= 11 is 5.94. The number of carbonyl (C=O) groups is 1. The van der Waals surface area contributed by atoms with Crippen LogP contribution >= 0.6 is 11.6 Å². The summed E-state index contributed by atoms with van der Waals surface area (Å²) in [6.45, 7) is 8.41. The van der Waals surface area contributed by atoms with Crippen LogP contribution in [0.5, 0.6) is 5.75 Å². The Morgan fingerprint density at radius 1 is 1.12 bits per heavy atom. The highest BCUT2D eigenvalue weighted by Crippen LogP contribution is 2.55. The van der Waals surface area contributed by atoms with E-state index in [1.165, 1.54) is 0 Å². The topological polar surface area (TPSA) is 38.8 Å². The third kappa shape index (κ3) is 3.46. The van der Waals surface area contributed by atoms with E-state index in [-0.39, 0.29) is 17.2 Å². The summed E-state index contributed by atoms with van der Waals surface area (Å²) in [5.74, 6) is 0.781. The largest absolute Gasteiger partial charge is 0.491 e. The first kappa shape index (κ1) is 18.4. The van der Waals surface area contributed by atoms with Crippen LogP contribution in [-0.2, 0) is 4.74 Å². The number of halogens is 1. The standard InChI is InChI=1S/C20H28ClNO3/c1-5-19-10-12-20(13-11-19,22(19)17(23)25-18(2,3)4)14-24-16-8-6-15(21)7-9-16/h6-9H,5,10-14H2,1-4H3. The van der Waals surface area contributed by atoms with Gasteiger partial charge in [0, 0.05) is 10.6 Å². The summed E-state index contributed by atoms with van der Waals surface area (Å²) in [4.78, 5) is 15.0. The zero-order valence-electron chi connectivity index (χ0n) is 15.6. The molecule has 4 nitrogen and oxygen atoms in total. The lowest BCUT2D eigenvalue weighted by Gasteiger charge is -2.39. The van der Waals surface area contributed by atoms with Crippen LogP contribution < -0.4 is 4.74 Å². The molecule has 1 amide bonds. The first-order chi connectivity index (χ1) is 11.7. The van der Waals surface area contributed by atoms with Crippen LogP contribution in [0, 0.1) is 0 Å². The average Bonchev–Trinajstić information content (AvgIpc) is 3.04. The normalized spacial score (nSPS) is 28.3. The molecule has 0 radical (unpaired) electrons. The first-order valence-corrected chi connectivity index (χ1v) is 9.49. The summed E-state index contributed by atoms with van der Waals surface area (Å²) in [7, 11) is 0. The van der Waals surface area contributed by atoms with E-state index in [1.54, 1.807) is 0 Å². The van der Waals surface area contributed by atoms with Crippen molar-refractivity contribution in [2.45, 2.75) is 76.5 Å². The molecule has 2 saturated heterocycles. The molecule has 2 aliphatic rings. The van der Waals surface area contributed by atoms with E-state index in [4.69, 9.17) is 21.1 Å². The SMILES string of the molecule is CCC12CCC(COc3ccc(Cl)cc3)(CC1)N2C(=O)OC(C)(C)C. The number of nitrogens with zero attached hydrogens (tertiary/aromatic N) is 1. The van der Waals surface area contributed by atoms with Gasteiger partial charge in [-0.25, -0.2) is 4.79 Å². The van der Waals surface area contributed by atoms with Gasteiger partial charge in [-0.15, -0.1) is 0 Å². The summed E-state index contributed by atoms with van der Waals surface area (Å²) in [6, 6.07) is 7.38. The van der Waals surface area contributed by atoms with Gasteiger partial charge in [-0.3, -0.25) is 4.90 Å². The zero-order valence-corrected chi connectivity index (χ0v) is 16.4. The van der Waals surface area contributed by atoms with E-state index in [1.807, 2.05) is 49.9 Å². The van der Waals surface area contributed by atoms with Gasteiger partial charge in [0.1, 0.15) is 18.0 Å². The summed E-state index contributed by atoms with van der Waals surface area (Å²) in [6.07, 6.45) is 4.72. The maximum Gasteiger partial charge on any atom is 0.411 e.